The molecule has 12 N–H and O–H groups in total. The highest BCUT2D eigenvalue weighted by Gasteiger charge is 2.75. The molecule has 20 nitrogen and oxygen atoms in total. The number of carbonyl (C=O) groups is 2. The minimum atomic E-state index is -2.36. The summed E-state index contributed by atoms with van der Waals surface area (Å²) in [5.74, 6) is -5.33. The molecule has 11 unspecified atom stereocenters. The summed E-state index contributed by atoms with van der Waals surface area (Å²) in [5, 5.41) is 91.7. The molecule has 5 aliphatic rings. The number of aromatic amines is 2. The van der Waals surface area contributed by atoms with Gasteiger partial charge in [0.2, 0.25) is 5.91 Å². The first-order chi connectivity index (χ1) is 24.0. The molecule has 1 aromatic heterocycles. The zero-order chi connectivity index (χ0) is 36.9. The number of aliphatic hydroxyl groups is 8. The summed E-state index contributed by atoms with van der Waals surface area (Å²) in [6, 6.07) is 4.57. The molecule has 276 valence electrons. The van der Waals surface area contributed by atoms with Crippen LogP contribution < -0.4 is 21.9 Å². The Morgan fingerprint density at radius 2 is 1.65 bits per heavy atom. The number of esters is 1. The lowest BCUT2D eigenvalue weighted by atomic mass is 9.65. The minimum absolute atomic E-state index is 0.132. The molecule has 0 radical (unpaired) electrons. The zero-order valence-corrected chi connectivity index (χ0v) is 27.9. The Morgan fingerprint density at radius 1 is 0.961 bits per heavy atom. The van der Waals surface area contributed by atoms with Crippen LogP contribution in [0.15, 0.2) is 37.3 Å². The number of nitrogens with zero attached hydrogens (tertiary/aromatic N) is 1. The predicted octanol–water partition coefficient (Wildman–Crippen LogP) is -4.60. The highest BCUT2D eigenvalue weighted by Crippen LogP contribution is 2.60. The predicted molar refractivity (Wildman–Crippen MR) is 172 cm³/mol. The summed E-state index contributed by atoms with van der Waals surface area (Å²) < 4.78 is 17.2. The van der Waals surface area contributed by atoms with Crippen molar-refractivity contribution in [2.45, 2.75) is 79.2 Å². The van der Waals surface area contributed by atoms with Gasteiger partial charge in [-0.1, -0.05) is 22.0 Å². The number of aliphatic imine (C=N–C) groups is 1. The number of fused-ring (bicyclic) bond motifs is 4. The summed E-state index contributed by atoms with van der Waals surface area (Å²) in [6.45, 7) is 0.365. The fourth-order valence-corrected chi connectivity index (χ4v) is 8.32. The van der Waals surface area contributed by atoms with Crippen LogP contribution in [0.25, 0.3) is 0 Å². The van der Waals surface area contributed by atoms with Gasteiger partial charge in [-0.25, -0.2) is 9.79 Å². The molecule has 3 aliphatic heterocycles. The number of rotatable bonds is 4. The number of H-pyrrole nitrogens is 2. The van der Waals surface area contributed by atoms with Crippen molar-refractivity contribution < 1.29 is 64.7 Å². The quantitative estimate of drug-likeness (QED) is 0.130. The van der Waals surface area contributed by atoms with Crippen molar-refractivity contribution >= 4 is 50.7 Å². The van der Waals surface area contributed by atoms with Gasteiger partial charge in [-0.05, 0) is 24.6 Å². The molecule has 21 heteroatoms. The van der Waals surface area contributed by atoms with Gasteiger partial charge in [-0.3, -0.25) is 24.4 Å². The van der Waals surface area contributed by atoms with Crippen molar-refractivity contribution in [2.75, 3.05) is 23.8 Å². The highest BCUT2D eigenvalue weighted by atomic mass is 79.9. The van der Waals surface area contributed by atoms with Crippen LogP contribution in [0.1, 0.15) is 12.5 Å². The number of anilines is 2. The van der Waals surface area contributed by atoms with E-state index >= 15 is 0 Å². The average molecular weight is 785 g/mol. The molecule has 2 aliphatic carbocycles. The third-order valence-corrected chi connectivity index (χ3v) is 10.9. The molecule has 51 heavy (non-hydrogen) atoms. The first kappa shape index (κ1) is 35.8. The number of aliphatic hydroxyl groups excluding tert-OH is 7. The second-order valence-electron chi connectivity index (χ2n) is 13.3. The average Bonchev–Trinajstić information content (AvgIpc) is 3.35. The standard InChI is InChI=1S/C30H34BrN5O15/c1-29(48)22-8(5-32-23-13(34-22)24(44)36-28(47)35-23)12(30(29)9-3-2-7(31)4-10(9)33-27(30)46)25(45)50-20-17(41)15(39)16(40)18(42)21(20)51-26-19(43)14(38)11(37)6-49-26/h2-4,8,11-12,14-21,26,37-43,48H,5-6H2,1H3,(H,33,46)(H3,32,35,36,44,47)/t8-,11?,12?,14?,15?,16?,17?,18?,19?,20?,21?,26?,29+,30+/m0/s1. The van der Waals surface area contributed by atoms with Gasteiger partial charge >= 0.3 is 11.7 Å². The van der Waals surface area contributed by atoms with E-state index < -0.39 is 114 Å². The van der Waals surface area contributed by atoms with Gasteiger partial charge in [-0.2, -0.15) is 0 Å². The van der Waals surface area contributed by atoms with Crippen molar-refractivity contribution in [1.82, 2.24) is 9.97 Å². The molecule has 1 aromatic carbocycles. The number of ether oxygens (including phenoxy) is 3. The Labute approximate surface area is 293 Å². The van der Waals surface area contributed by atoms with Gasteiger partial charge in [0.1, 0.15) is 65.7 Å². The maximum atomic E-state index is 14.7. The fraction of sp³-hybridized carbons (Fsp3) is 0.567. The highest BCUT2D eigenvalue weighted by molar-refractivity contribution is 9.10. The van der Waals surface area contributed by atoms with E-state index in [-0.39, 0.29) is 35.0 Å². The maximum Gasteiger partial charge on any atom is 0.327 e. The summed E-state index contributed by atoms with van der Waals surface area (Å²) in [6.07, 6.45) is -19.5. The number of hydrogen-bond donors (Lipinski definition) is 12. The lowest BCUT2D eigenvalue weighted by Gasteiger charge is -2.46. The smallest absolute Gasteiger partial charge is 0.327 e. The van der Waals surface area contributed by atoms with Crippen LogP contribution in [0.3, 0.4) is 0 Å². The normalized spacial score (nSPS) is 41.5. The number of nitrogens with one attached hydrogen (secondary N) is 4. The molecule has 1 spiro atoms. The minimum Gasteiger partial charge on any atom is -0.456 e. The van der Waals surface area contributed by atoms with E-state index in [1.54, 1.807) is 6.07 Å². The Balaban J connectivity index is 1.34. The fourth-order valence-electron chi connectivity index (χ4n) is 7.96. The molecule has 2 saturated carbocycles. The topological polar surface area (TPSA) is 326 Å². The lowest BCUT2D eigenvalue weighted by molar-refractivity contribution is -0.322. The number of benzene rings is 1. The van der Waals surface area contributed by atoms with Crippen molar-refractivity contribution in [2.24, 2.45) is 16.8 Å². The van der Waals surface area contributed by atoms with E-state index in [9.17, 15) is 60.0 Å². The summed E-state index contributed by atoms with van der Waals surface area (Å²) in [5.41, 5.74) is -6.65. The molecule has 0 bridgehead atoms. The zero-order valence-electron chi connectivity index (χ0n) is 26.3. The Morgan fingerprint density at radius 3 is 2.35 bits per heavy atom. The van der Waals surface area contributed by atoms with E-state index in [1.807, 2.05) is 4.98 Å². The second-order valence-corrected chi connectivity index (χ2v) is 14.2. The number of halogens is 1. The van der Waals surface area contributed by atoms with Crippen molar-refractivity contribution in [1.29, 1.82) is 0 Å². The van der Waals surface area contributed by atoms with E-state index in [0.29, 0.717) is 4.47 Å². The third-order valence-electron chi connectivity index (χ3n) is 10.4. The SMILES string of the molecule is C[C@@]1(O)C2=Nc3c([nH]c(=O)[nH]c3=O)NC[C@H]2C(C(=O)OC2C(O)C(O)C(O)C(O)C2OC2OCC(O)C(O)C2O)[C@]12C(=O)Nc1cc(Br)ccc12. The van der Waals surface area contributed by atoms with Gasteiger partial charge in [0.25, 0.3) is 5.56 Å². The molecule has 14 atom stereocenters. The van der Waals surface area contributed by atoms with E-state index in [1.165, 1.54) is 19.1 Å². The molecule has 4 heterocycles. The van der Waals surface area contributed by atoms with Crippen LogP contribution in [0.5, 0.6) is 0 Å². The second kappa shape index (κ2) is 12.5. The lowest BCUT2D eigenvalue weighted by Crippen LogP contribution is -2.67. The van der Waals surface area contributed by atoms with Gasteiger partial charge in [0, 0.05) is 22.6 Å². The summed E-state index contributed by atoms with van der Waals surface area (Å²) >= 11 is 3.33. The number of carbonyl (C=O) groups excluding carboxylic acids is 2. The Hall–Kier alpha value is -3.61. The summed E-state index contributed by atoms with van der Waals surface area (Å²) in [7, 11) is 0. The van der Waals surface area contributed by atoms with Crippen LogP contribution in [0.4, 0.5) is 17.2 Å². The molecule has 7 rings (SSSR count). The van der Waals surface area contributed by atoms with Crippen LogP contribution in [0, 0.1) is 11.8 Å². The van der Waals surface area contributed by atoms with Crippen LogP contribution >= 0.6 is 15.9 Å². The van der Waals surface area contributed by atoms with Gasteiger partial charge in [0.05, 0.1) is 18.2 Å². The first-order valence-electron chi connectivity index (χ1n) is 15.8. The number of hydrogen-bond acceptors (Lipinski definition) is 17. The molecule has 3 fully saturated rings. The van der Waals surface area contributed by atoms with Crippen LogP contribution in [-0.2, 0) is 29.2 Å². The molecular formula is C30H34BrN5O15. The van der Waals surface area contributed by atoms with Gasteiger partial charge < -0.3 is 65.7 Å². The molecule has 1 amide bonds. The largest absolute Gasteiger partial charge is 0.456 e. The van der Waals surface area contributed by atoms with Crippen LogP contribution in [0.2, 0.25) is 0 Å². The monoisotopic (exact) mass is 783 g/mol. The molecule has 1 saturated heterocycles. The maximum absolute atomic E-state index is 14.7. The van der Waals surface area contributed by atoms with Crippen molar-refractivity contribution in [3.8, 4) is 0 Å². The Kier molecular flexibility index (Phi) is 8.78. The van der Waals surface area contributed by atoms with Gasteiger partial charge in [0.15, 0.2) is 18.1 Å². The first-order valence-corrected chi connectivity index (χ1v) is 16.6. The van der Waals surface area contributed by atoms with Crippen molar-refractivity contribution in [3.05, 3.63) is 49.1 Å². The molecule has 2 aromatic rings. The summed E-state index contributed by atoms with van der Waals surface area (Å²) in [4.78, 5) is 62.7. The van der Waals surface area contributed by atoms with E-state index in [4.69, 9.17) is 14.2 Å². The molecular weight excluding hydrogens is 750 g/mol. The van der Waals surface area contributed by atoms with Crippen molar-refractivity contribution in [3.63, 3.8) is 0 Å². The van der Waals surface area contributed by atoms with E-state index in [0.717, 1.165) is 0 Å². The number of aromatic nitrogens is 2. The van der Waals surface area contributed by atoms with Crippen LogP contribution in [-0.4, -0.2) is 148 Å². The van der Waals surface area contributed by atoms with E-state index in [2.05, 4.69) is 36.5 Å². The third kappa shape index (κ3) is 5.22. The Bertz CT molecular complexity index is 1920. The van der Waals surface area contributed by atoms with Gasteiger partial charge in [-0.15, -0.1) is 0 Å². The number of amides is 1.